The highest BCUT2D eigenvalue weighted by molar-refractivity contribution is 5.92. The second-order valence-electron chi connectivity index (χ2n) is 6.39. The predicted molar refractivity (Wildman–Crippen MR) is 108 cm³/mol. The van der Waals surface area contributed by atoms with Gasteiger partial charge in [-0.15, -0.1) is 0 Å². The Kier molecular flexibility index (Phi) is 4.30. The van der Waals surface area contributed by atoms with E-state index in [2.05, 4.69) is 41.4 Å². The number of hydrogen-bond donors (Lipinski definition) is 2. The van der Waals surface area contributed by atoms with Crippen molar-refractivity contribution in [1.29, 1.82) is 5.41 Å². The van der Waals surface area contributed by atoms with Gasteiger partial charge in [0.15, 0.2) is 0 Å². The Hall–Kier alpha value is -3.66. The Morgan fingerprint density at radius 2 is 1.15 bits per heavy atom. The maximum Gasteiger partial charge on any atom is 0.143 e. The molecule has 1 aromatic heterocycles. The summed E-state index contributed by atoms with van der Waals surface area (Å²) in [6.45, 7) is 0. The zero-order chi connectivity index (χ0) is 18.7. The molecule has 0 fully saturated rings. The molecule has 3 aromatic carbocycles. The number of nitrogens with zero attached hydrogens (tertiary/aromatic N) is 2. The molecule has 1 heterocycles. The molecule has 0 unspecified atom stereocenters. The Balaban J connectivity index is 2.10. The molecule has 4 rings (SSSR count). The predicted octanol–water partition coefficient (Wildman–Crippen LogP) is 4.01. The van der Waals surface area contributed by atoms with Gasteiger partial charge < -0.3 is 10.3 Å². The highest BCUT2D eigenvalue weighted by atomic mass is 15.1. The van der Waals surface area contributed by atoms with Gasteiger partial charge in [-0.2, -0.15) is 0 Å². The number of nitrogen functional groups attached to an aromatic ring is 1. The van der Waals surface area contributed by atoms with Crippen LogP contribution in [-0.2, 0) is 5.54 Å². The molecule has 0 saturated carbocycles. The SMILES string of the molecule is N=C(N)c1cn(C(c2ccccc2)(c2ccccc2)c2ccccc2)cn1. The summed E-state index contributed by atoms with van der Waals surface area (Å²) in [7, 11) is 0. The Morgan fingerprint density at radius 1 is 0.741 bits per heavy atom. The molecule has 27 heavy (non-hydrogen) atoms. The number of benzene rings is 3. The van der Waals surface area contributed by atoms with Crippen molar-refractivity contribution in [2.75, 3.05) is 0 Å². The van der Waals surface area contributed by atoms with Crippen molar-refractivity contribution in [3.63, 3.8) is 0 Å². The minimum atomic E-state index is -0.621. The van der Waals surface area contributed by atoms with Crippen molar-refractivity contribution < 1.29 is 0 Å². The van der Waals surface area contributed by atoms with Crippen LogP contribution in [0, 0.1) is 5.41 Å². The molecule has 4 aromatic rings. The first-order chi connectivity index (χ1) is 13.2. The molecular formula is C23H20N4. The van der Waals surface area contributed by atoms with Crippen LogP contribution < -0.4 is 5.73 Å². The van der Waals surface area contributed by atoms with Crippen molar-refractivity contribution in [3.8, 4) is 0 Å². The van der Waals surface area contributed by atoms with Crippen molar-refractivity contribution in [2.24, 2.45) is 5.73 Å². The van der Waals surface area contributed by atoms with E-state index in [-0.39, 0.29) is 5.84 Å². The maximum atomic E-state index is 7.77. The van der Waals surface area contributed by atoms with Gasteiger partial charge in [0.1, 0.15) is 17.1 Å². The van der Waals surface area contributed by atoms with Gasteiger partial charge in [-0.25, -0.2) is 4.98 Å². The fourth-order valence-corrected chi connectivity index (χ4v) is 3.63. The van der Waals surface area contributed by atoms with Crippen LogP contribution in [-0.4, -0.2) is 15.4 Å². The fourth-order valence-electron chi connectivity index (χ4n) is 3.63. The average Bonchev–Trinajstić information content (AvgIpc) is 3.22. The Morgan fingerprint density at radius 3 is 1.48 bits per heavy atom. The quantitative estimate of drug-likeness (QED) is 0.324. The molecule has 0 saturated heterocycles. The van der Waals surface area contributed by atoms with E-state index in [4.69, 9.17) is 11.1 Å². The van der Waals surface area contributed by atoms with E-state index in [0.717, 1.165) is 16.7 Å². The smallest absolute Gasteiger partial charge is 0.143 e. The molecule has 4 nitrogen and oxygen atoms in total. The summed E-state index contributed by atoms with van der Waals surface area (Å²) in [4.78, 5) is 4.37. The lowest BCUT2D eigenvalue weighted by molar-refractivity contribution is 0.514. The topological polar surface area (TPSA) is 67.7 Å². The normalized spacial score (nSPS) is 11.3. The number of imidazole rings is 1. The highest BCUT2D eigenvalue weighted by Crippen LogP contribution is 2.40. The first-order valence-corrected chi connectivity index (χ1v) is 8.78. The van der Waals surface area contributed by atoms with Gasteiger partial charge in [-0.05, 0) is 16.7 Å². The van der Waals surface area contributed by atoms with Gasteiger partial charge in [0, 0.05) is 6.20 Å². The molecule has 0 aliphatic carbocycles. The second kappa shape index (κ2) is 6.92. The standard InChI is InChI=1S/C23H20N4/c24-22(25)21-16-27(17-26-21)23(18-10-4-1-5-11-18,19-12-6-2-7-13-19)20-14-8-3-9-15-20/h1-17H,(H3,24,25). The molecule has 3 N–H and O–H groups in total. The third-order valence-corrected chi connectivity index (χ3v) is 4.82. The summed E-state index contributed by atoms with van der Waals surface area (Å²) in [5.74, 6) is -0.0446. The molecule has 0 atom stereocenters. The lowest BCUT2D eigenvalue weighted by Crippen LogP contribution is -2.37. The van der Waals surface area contributed by atoms with E-state index < -0.39 is 5.54 Å². The van der Waals surface area contributed by atoms with Crippen LogP contribution in [0.3, 0.4) is 0 Å². The van der Waals surface area contributed by atoms with Crippen molar-refractivity contribution >= 4 is 5.84 Å². The van der Waals surface area contributed by atoms with Gasteiger partial charge >= 0.3 is 0 Å². The number of nitrogens with one attached hydrogen (secondary N) is 1. The van der Waals surface area contributed by atoms with E-state index >= 15 is 0 Å². The number of amidine groups is 1. The van der Waals surface area contributed by atoms with E-state index in [1.165, 1.54) is 0 Å². The third kappa shape index (κ3) is 2.81. The lowest BCUT2D eigenvalue weighted by Gasteiger charge is -2.37. The van der Waals surface area contributed by atoms with Crippen molar-refractivity contribution in [1.82, 2.24) is 9.55 Å². The number of nitrogens with two attached hydrogens (primary N) is 1. The zero-order valence-electron chi connectivity index (χ0n) is 14.8. The van der Waals surface area contributed by atoms with E-state index in [0.29, 0.717) is 5.69 Å². The molecule has 0 radical (unpaired) electrons. The summed E-state index contributed by atoms with van der Waals surface area (Å²) in [5, 5.41) is 7.77. The minimum absolute atomic E-state index is 0.0446. The van der Waals surface area contributed by atoms with E-state index in [1.54, 1.807) is 6.33 Å². The van der Waals surface area contributed by atoms with Gasteiger partial charge in [-0.3, -0.25) is 5.41 Å². The van der Waals surface area contributed by atoms with Crippen molar-refractivity contribution in [2.45, 2.75) is 5.54 Å². The van der Waals surface area contributed by atoms with Gasteiger partial charge in [0.05, 0.1) is 6.33 Å². The van der Waals surface area contributed by atoms with E-state index in [9.17, 15) is 0 Å². The molecule has 4 heteroatoms. The Bertz CT molecular complexity index is 941. The molecule has 0 aliphatic rings. The largest absolute Gasteiger partial charge is 0.382 e. The highest BCUT2D eigenvalue weighted by Gasteiger charge is 2.38. The van der Waals surface area contributed by atoms with Crippen LogP contribution in [0.1, 0.15) is 22.4 Å². The van der Waals surface area contributed by atoms with Crippen molar-refractivity contribution in [3.05, 3.63) is 126 Å². The number of aromatic nitrogens is 2. The fraction of sp³-hybridized carbons (Fsp3) is 0.0435. The average molecular weight is 352 g/mol. The molecule has 0 spiro atoms. The van der Waals surface area contributed by atoms with Crippen LogP contribution in [0.15, 0.2) is 104 Å². The number of hydrogen-bond acceptors (Lipinski definition) is 2. The van der Waals surface area contributed by atoms with Gasteiger partial charge in [-0.1, -0.05) is 91.0 Å². The minimum Gasteiger partial charge on any atom is -0.382 e. The second-order valence-corrected chi connectivity index (χ2v) is 6.39. The van der Waals surface area contributed by atoms with Crippen LogP contribution in [0.4, 0.5) is 0 Å². The molecule has 132 valence electrons. The zero-order valence-corrected chi connectivity index (χ0v) is 14.8. The van der Waals surface area contributed by atoms with Crippen LogP contribution in [0.25, 0.3) is 0 Å². The summed E-state index contributed by atoms with van der Waals surface area (Å²) in [5.41, 5.74) is 8.85. The van der Waals surface area contributed by atoms with E-state index in [1.807, 2.05) is 65.4 Å². The first kappa shape index (κ1) is 16.8. The summed E-state index contributed by atoms with van der Waals surface area (Å²) < 4.78 is 2.05. The Labute approximate surface area is 158 Å². The van der Waals surface area contributed by atoms with Crippen LogP contribution in [0.5, 0.6) is 0 Å². The molecular weight excluding hydrogens is 332 g/mol. The lowest BCUT2D eigenvalue weighted by atomic mass is 9.77. The van der Waals surface area contributed by atoms with Crippen LogP contribution >= 0.6 is 0 Å². The van der Waals surface area contributed by atoms with Crippen LogP contribution in [0.2, 0.25) is 0 Å². The van der Waals surface area contributed by atoms with Gasteiger partial charge in [0.2, 0.25) is 0 Å². The number of rotatable bonds is 5. The molecule has 0 amide bonds. The summed E-state index contributed by atoms with van der Waals surface area (Å²) >= 11 is 0. The molecule has 0 bridgehead atoms. The maximum absolute atomic E-state index is 7.77. The molecule has 0 aliphatic heterocycles. The van der Waals surface area contributed by atoms with Gasteiger partial charge in [0.25, 0.3) is 0 Å². The monoisotopic (exact) mass is 352 g/mol. The summed E-state index contributed by atoms with van der Waals surface area (Å²) in [6.07, 6.45) is 3.60. The first-order valence-electron chi connectivity index (χ1n) is 8.78. The third-order valence-electron chi connectivity index (χ3n) is 4.82. The summed E-state index contributed by atoms with van der Waals surface area (Å²) in [6, 6.07) is 31.0.